The molecule has 0 saturated heterocycles. The number of hydrogen-bond donors (Lipinski definition) is 4. The van der Waals surface area contributed by atoms with Crippen molar-refractivity contribution in [3.05, 3.63) is 0 Å². The van der Waals surface area contributed by atoms with Crippen molar-refractivity contribution in [2.24, 2.45) is 0 Å². The number of aldehydes is 1. The monoisotopic (exact) mass is 180 g/mol. The minimum absolute atomic E-state index is 0.413. The molecule has 0 saturated carbocycles. The van der Waals surface area contributed by atoms with Gasteiger partial charge >= 0.3 is 6.29 Å². The fourth-order valence-corrected chi connectivity index (χ4v) is 0.625. The Morgan fingerprint density at radius 1 is 1.17 bits per heavy atom. The Kier molecular flexibility index (Phi) is 4.75. The van der Waals surface area contributed by atoms with E-state index in [2.05, 4.69) is 4.58 Å². The molecule has 0 rings (SSSR count). The zero-order chi connectivity index (χ0) is 9.72. The van der Waals surface area contributed by atoms with Crippen molar-refractivity contribution >= 4 is 6.29 Å². The van der Waals surface area contributed by atoms with E-state index in [-0.39, 0.29) is 0 Å². The summed E-state index contributed by atoms with van der Waals surface area (Å²) >= 11 is 0. The summed E-state index contributed by atoms with van der Waals surface area (Å²) in [5.41, 5.74) is 0. The standard InChI is InChI=1S/C6H12O6/c1-3(7)5(9)6(10)4(8)2-12-11/h2-10H,1H3/t3-,4+,5+,6-/m0/s1. The molecule has 12 heavy (non-hydrogen) atoms. The van der Waals surface area contributed by atoms with Crippen LogP contribution >= 0.6 is 0 Å². The molecule has 0 aliphatic rings. The molecule has 0 aromatic carbocycles. The minimum Gasteiger partial charge on any atom is -0.463 e. The topological polar surface area (TPSA) is 115 Å². The lowest BCUT2D eigenvalue weighted by Gasteiger charge is -2.20. The van der Waals surface area contributed by atoms with Gasteiger partial charge in [-0.2, -0.15) is 4.58 Å². The fraction of sp³-hybridized carbons (Fsp3) is 0.833. The number of hydrogen-bond acceptors (Lipinski definition) is 5. The fourth-order valence-electron chi connectivity index (χ4n) is 0.625. The lowest BCUT2D eigenvalue weighted by Crippen LogP contribution is -2.44. The summed E-state index contributed by atoms with van der Waals surface area (Å²) in [5.74, 6) is 0. The number of rotatable bonds is 4. The van der Waals surface area contributed by atoms with Crippen LogP contribution in [0.2, 0.25) is 0 Å². The molecule has 0 aliphatic carbocycles. The van der Waals surface area contributed by atoms with Crippen LogP contribution in [0.1, 0.15) is 6.92 Å². The Bertz CT molecular complexity index is 145. The normalized spacial score (nSPS) is 22.1. The Morgan fingerprint density at radius 2 is 1.67 bits per heavy atom. The first-order valence-corrected chi connectivity index (χ1v) is 3.35. The molecule has 0 aromatic rings. The van der Waals surface area contributed by atoms with Gasteiger partial charge in [-0.25, -0.2) is 0 Å². The van der Waals surface area contributed by atoms with Crippen molar-refractivity contribution in [2.75, 3.05) is 0 Å². The van der Waals surface area contributed by atoms with Crippen LogP contribution in [-0.2, 0) is 4.58 Å². The van der Waals surface area contributed by atoms with Crippen LogP contribution in [0, 0.1) is 0 Å². The highest BCUT2D eigenvalue weighted by atomic mass is 17.1. The van der Waals surface area contributed by atoms with Crippen molar-refractivity contribution in [2.45, 2.75) is 31.3 Å². The SMILES string of the molecule is C[C@H](O)[C@@H](O)[C@@H](O)[C@H](O)C=[O+][O-]. The molecule has 6 heteroatoms. The molecule has 0 fully saturated rings. The highest BCUT2D eigenvalue weighted by Gasteiger charge is 2.29. The molecule has 0 bridgehead atoms. The third-order valence-corrected chi connectivity index (χ3v) is 1.39. The largest absolute Gasteiger partial charge is 0.463 e. The average Bonchev–Trinajstić information content (AvgIpc) is 2.02. The van der Waals surface area contributed by atoms with E-state index in [1.807, 2.05) is 0 Å². The summed E-state index contributed by atoms with van der Waals surface area (Å²) in [6, 6.07) is 0. The molecule has 0 amide bonds. The van der Waals surface area contributed by atoms with Gasteiger partial charge in [0.15, 0.2) is 6.10 Å². The molecular formula is C6H12O6. The van der Waals surface area contributed by atoms with Crippen LogP contribution in [0.15, 0.2) is 0 Å². The molecular weight excluding hydrogens is 168 g/mol. The highest BCUT2D eigenvalue weighted by molar-refractivity contribution is 5.56. The number of aliphatic hydroxyl groups excluding tert-OH is 4. The predicted molar refractivity (Wildman–Crippen MR) is 35.8 cm³/mol. The maximum Gasteiger partial charge on any atom is 0.349 e. The van der Waals surface area contributed by atoms with Crippen LogP contribution in [0.25, 0.3) is 0 Å². The van der Waals surface area contributed by atoms with E-state index in [1.165, 1.54) is 6.92 Å². The zero-order valence-electron chi connectivity index (χ0n) is 6.49. The Hall–Kier alpha value is -0.690. The maximum absolute atomic E-state index is 9.47. The number of aliphatic hydroxyl groups is 4. The van der Waals surface area contributed by atoms with Crippen LogP contribution < -0.4 is 5.26 Å². The van der Waals surface area contributed by atoms with E-state index < -0.39 is 24.4 Å². The first-order valence-electron chi connectivity index (χ1n) is 3.35. The summed E-state index contributed by atoms with van der Waals surface area (Å²) in [4.78, 5) is 0. The molecule has 0 aromatic heterocycles. The summed E-state index contributed by atoms with van der Waals surface area (Å²) in [5, 5.41) is 45.0. The zero-order valence-corrected chi connectivity index (χ0v) is 6.49. The van der Waals surface area contributed by atoms with Crippen molar-refractivity contribution < 1.29 is 30.3 Å². The van der Waals surface area contributed by atoms with Crippen molar-refractivity contribution in [1.82, 2.24) is 0 Å². The Balaban J connectivity index is 4.08. The van der Waals surface area contributed by atoms with E-state index >= 15 is 0 Å². The van der Waals surface area contributed by atoms with Gasteiger partial charge in [0.1, 0.15) is 12.2 Å². The molecule has 0 unspecified atom stereocenters. The Labute approximate surface area is 68.9 Å². The minimum atomic E-state index is -1.64. The van der Waals surface area contributed by atoms with Crippen LogP contribution in [0.3, 0.4) is 0 Å². The summed E-state index contributed by atoms with van der Waals surface area (Å²) in [6.07, 6.45) is -5.57. The average molecular weight is 180 g/mol. The first kappa shape index (κ1) is 11.3. The van der Waals surface area contributed by atoms with Gasteiger partial charge in [-0.1, -0.05) is 0 Å². The van der Waals surface area contributed by atoms with Gasteiger partial charge in [-0.05, 0) is 6.92 Å². The molecule has 0 aliphatic heterocycles. The second-order valence-corrected chi connectivity index (χ2v) is 2.44. The quantitative estimate of drug-likeness (QED) is 0.155. The lowest BCUT2D eigenvalue weighted by molar-refractivity contribution is -1.04. The number of carbonyl (C=O) groups excluding carboxylic acids is 1. The van der Waals surface area contributed by atoms with Crippen LogP contribution in [0.4, 0.5) is 0 Å². The lowest BCUT2D eigenvalue weighted by atomic mass is 10.1. The third kappa shape index (κ3) is 3.14. The molecule has 4 atom stereocenters. The van der Waals surface area contributed by atoms with E-state index in [0.717, 1.165) is 0 Å². The second kappa shape index (κ2) is 5.04. The second-order valence-electron chi connectivity index (χ2n) is 2.44. The molecule has 4 N–H and O–H groups in total. The van der Waals surface area contributed by atoms with E-state index in [0.29, 0.717) is 6.29 Å². The van der Waals surface area contributed by atoms with Crippen molar-refractivity contribution in [1.29, 1.82) is 0 Å². The van der Waals surface area contributed by atoms with Crippen LogP contribution in [-0.4, -0.2) is 51.1 Å². The van der Waals surface area contributed by atoms with E-state index in [4.69, 9.17) is 20.4 Å². The molecule has 0 radical (unpaired) electrons. The van der Waals surface area contributed by atoms with Crippen molar-refractivity contribution in [3.8, 4) is 0 Å². The van der Waals surface area contributed by atoms with Gasteiger partial charge in [0.05, 0.1) is 6.10 Å². The summed E-state index contributed by atoms with van der Waals surface area (Å²) in [6.45, 7) is 1.23. The molecule has 0 heterocycles. The summed E-state index contributed by atoms with van der Waals surface area (Å²) < 4.78 is 3.18. The van der Waals surface area contributed by atoms with Crippen molar-refractivity contribution in [3.63, 3.8) is 0 Å². The molecule has 72 valence electrons. The van der Waals surface area contributed by atoms with Gasteiger partial charge in [-0.3, -0.25) is 0 Å². The smallest absolute Gasteiger partial charge is 0.349 e. The van der Waals surface area contributed by atoms with Gasteiger partial charge in [0, 0.05) is 0 Å². The predicted octanol–water partition coefficient (Wildman–Crippen LogP) is -3.54. The Morgan fingerprint density at radius 3 is 2.00 bits per heavy atom. The van der Waals surface area contributed by atoms with Gasteiger partial charge in [0.25, 0.3) is 0 Å². The van der Waals surface area contributed by atoms with Gasteiger partial charge in [-0.15, -0.1) is 0 Å². The summed E-state index contributed by atoms with van der Waals surface area (Å²) in [7, 11) is 0. The van der Waals surface area contributed by atoms with E-state index in [1.54, 1.807) is 0 Å². The van der Waals surface area contributed by atoms with Crippen LogP contribution in [0.5, 0.6) is 0 Å². The first-order chi connectivity index (χ1) is 5.50. The molecule has 6 nitrogen and oxygen atoms in total. The maximum atomic E-state index is 9.47. The van der Waals surface area contributed by atoms with Gasteiger partial charge in [0.2, 0.25) is 0 Å². The van der Waals surface area contributed by atoms with E-state index in [9.17, 15) is 5.26 Å². The highest BCUT2D eigenvalue weighted by Crippen LogP contribution is 2.02. The molecule has 0 spiro atoms. The van der Waals surface area contributed by atoms with Gasteiger partial charge < -0.3 is 25.7 Å². The third-order valence-electron chi connectivity index (χ3n) is 1.39.